The molecule has 0 bridgehead atoms. The molecule has 0 saturated carbocycles. The van der Waals surface area contributed by atoms with Crippen molar-refractivity contribution in [3.8, 4) is 5.75 Å². The minimum absolute atomic E-state index is 0.0201. The van der Waals surface area contributed by atoms with Gasteiger partial charge in [-0.3, -0.25) is 9.69 Å². The number of hydrogen-bond acceptors (Lipinski definition) is 4. The van der Waals surface area contributed by atoms with E-state index in [9.17, 15) is 4.79 Å². The standard InChI is InChI=1S/C22H28N2O2S/c1-16(2)26-21-10-5-4-8-19(21)22(25)23-20-9-6-7-18(17(20)3)15-24-11-13-27-14-12-24/h4-10,16H,11-15H2,1-3H3,(H,23,25). The van der Waals surface area contributed by atoms with Crippen molar-refractivity contribution in [3.63, 3.8) is 0 Å². The Kier molecular flexibility index (Phi) is 6.80. The third-order valence-corrected chi connectivity index (χ3v) is 5.63. The Morgan fingerprint density at radius 1 is 1.15 bits per heavy atom. The second-order valence-electron chi connectivity index (χ2n) is 7.10. The van der Waals surface area contributed by atoms with Crippen LogP contribution < -0.4 is 10.1 Å². The molecule has 2 aromatic carbocycles. The molecule has 1 N–H and O–H groups in total. The molecule has 1 fully saturated rings. The first-order valence-electron chi connectivity index (χ1n) is 9.50. The summed E-state index contributed by atoms with van der Waals surface area (Å²) in [5.41, 5.74) is 3.82. The number of carbonyl (C=O) groups is 1. The van der Waals surface area contributed by atoms with Gasteiger partial charge in [-0.1, -0.05) is 24.3 Å². The Hall–Kier alpha value is -1.98. The summed E-state index contributed by atoms with van der Waals surface area (Å²) in [5.74, 6) is 2.87. The predicted octanol–water partition coefficient (Wildman–Crippen LogP) is 4.58. The van der Waals surface area contributed by atoms with E-state index in [1.807, 2.05) is 55.9 Å². The second kappa shape index (κ2) is 9.29. The van der Waals surface area contributed by atoms with Gasteiger partial charge in [-0.05, 0) is 50.1 Å². The van der Waals surface area contributed by atoms with Crippen molar-refractivity contribution in [2.24, 2.45) is 0 Å². The lowest BCUT2D eigenvalue weighted by Gasteiger charge is -2.27. The highest BCUT2D eigenvalue weighted by atomic mass is 32.2. The van der Waals surface area contributed by atoms with Crippen LogP contribution in [0.25, 0.3) is 0 Å². The molecule has 144 valence electrons. The van der Waals surface area contributed by atoms with Gasteiger partial charge in [-0.2, -0.15) is 11.8 Å². The van der Waals surface area contributed by atoms with E-state index in [-0.39, 0.29) is 12.0 Å². The molecule has 1 aliphatic rings. The van der Waals surface area contributed by atoms with E-state index in [0.29, 0.717) is 11.3 Å². The van der Waals surface area contributed by atoms with Gasteiger partial charge in [-0.15, -0.1) is 0 Å². The van der Waals surface area contributed by atoms with Crippen molar-refractivity contribution < 1.29 is 9.53 Å². The Bertz CT molecular complexity index is 786. The van der Waals surface area contributed by atoms with E-state index in [4.69, 9.17) is 4.74 Å². The fraction of sp³-hybridized carbons (Fsp3) is 0.409. The van der Waals surface area contributed by atoms with Crippen LogP contribution in [0.1, 0.15) is 35.3 Å². The summed E-state index contributed by atoms with van der Waals surface area (Å²) < 4.78 is 5.79. The molecule has 0 aromatic heterocycles. The summed E-state index contributed by atoms with van der Waals surface area (Å²) >= 11 is 2.02. The van der Waals surface area contributed by atoms with Gasteiger partial charge in [-0.25, -0.2) is 0 Å². The van der Waals surface area contributed by atoms with Crippen LogP contribution in [0.4, 0.5) is 5.69 Å². The van der Waals surface area contributed by atoms with E-state index in [2.05, 4.69) is 23.2 Å². The molecule has 0 unspecified atom stereocenters. The topological polar surface area (TPSA) is 41.6 Å². The maximum Gasteiger partial charge on any atom is 0.259 e. The van der Waals surface area contributed by atoms with Gasteiger partial charge >= 0.3 is 0 Å². The number of hydrogen-bond donors (Lipinski definition) is 1. The number of anilines is 1. The molecule has 5 heteroatoms. The molecule has 2 aromatic rings. The lowest BCUT2D eigenvalue weighted by Crippen LogP contribution is -2.32. The third-order valence-electron chi connectivity index (χ3n) is 4.69. The Morgan fingerprint density at radius 2 is 1.89 bits per heavy atom. The second-order valence-corrected chi connectivity index (χ2v) is 8.32. The van der Waals surface area contributed by atoms with Gasteiger partial charge in [0, 0.05) is 36.8 Å². The first kappa shape index (κ1) is 19.8. The maximum atomic E-state index is 12.9. The van der Waals surface area contributed by atoms with Gasteiger partial charge in [0.25, 0.3) is 5.91 Å². The normalized spacial score (nSPS) is 15.0. The summed E-state index contributed by atoms with van der Waals surface area (Å²) in [6.45, 7) is 9.19. The zero-order valence-electron chi connectivity index (χ0n) is 16.3. The quantitative estimate of drug-likeness (QED) is 0.791. The van der Waals surface area contributed by atoms with Gasteiger partial charge in [0.1, 0.15) is 5.75 Å². The number of carbonyl (C=O) groups excluding carboxylic acids is 1. The van der Waals surface area contributed by atoms with Crippen molar-refractivity contribution in [2.75, 3.05) is 29.9 Å². The van der Waals surface area contributed by atoms with Crippen LogP contribution in [0.15, 0.2) is 42.5 Å². The fourth-order valence-corrected chi connectivity index (χ4v) is 4.17. The van der Waals surface area contributed by atoms with Gasteiger partial charge in [0.05, 0.1) is 11.7 Å². The summed E-state index contributed by atoms with van der Waals surface area (Å²) in [4.78, 5) is 15.3. The number of amides is 1. The number of ether oxygens (including phenoxy) is 1. The molecule has 0 aliphatic carbocycles. The van der Waals surface area contributed by atoms with Crippen LogP contribution >= 0.6 is 11.8 Å². The Morgan fingerprint density at radius 3 is 2.63 bits per heavy atom. The molecule has 0 spiro atoms. The van der Waals surface area contributed by atoms with E-state index >= 15 is 0 Å². The minimum atomic E-state index is -0.138. The highest BCUT2D eigenvalue weighted by Gasteiger charge is 2.16. The summed E-state index contributed by atoms with van der Waals surface area (Å²) in [5, 5.41) is 3.08. The molecule has 3 rings (SSSR count). The number of thioether (sulfide) groups is 1. The minimum Gasteiger partial charge on any atom is -0.490 e. The highest BCUT2D eigenvalue weighted by Crippen LogP contribution is 2.25. The zero-order chi connectivity index (χ0) is 19.2. The molecule has 27 heavy (non-hydrogen) atoms. The van der Waals surface area contributed by atoms with Crippen molar-refractivity contribution >= 4 is 23.4 Å². The van der Waals surface area contributed by atoms with Crippen molar-refractivity contribution in [1.29, 1.82) is 0 Å². The van der Waals surface area contributed by atoms with Gasteiger partial charge in [0.15, 0.2) is 0 Å². The monoisotopic (exact) mass is 384 g/mol. The van der Waals surface area contributed by atoms with Crippen molar-refractivity contribution in [3.05, 3.63) is 59.2 Å². The van der Waals surface area contributed by atoms with Crippen LogP contribution in [0, 0.1) is 6.92 Å². The molecule has 0 atom stereocenters. The van der Waals surface area contributed by atoms with Crippen molar-refractivity contribution in [1.82, 2.24) is 4.90 Å². The van der Waals surface area contributed by atoms with Crippen LogP contribution in [-0.4, -0.2) is 41.5 Å². The average molecular weight is 385 g/mol. The summed E-state index contributed by atoms with van der Waals surface area (Å²) in [6.07, 6.45) is 0.0201. The lowest BCUT2D eigenvalue weighted by molar-refractivity contribution is 0.102. The molecular formula is C22H28N2O2S. The largest absolute Gasteiger partial charge is 0.490 e. The van der Waals surface area contributed by atoms with E-state index in [1.165, 1.54) is 17.1 Å². The smallest absolute Gasteiger partial charge is 0.259 e. The zero-order valence-corrected chi connectivity index (χ0v) is 17.1. The molecule has 0 radical (unpaired) electrons. The molecule has 4 nitrogen and oxygen atoms in total. The molecule has 1 aliphatic heterocycles. The lowest BCUT2D eigenvalue weighted by atomic mass is 10.1. The van der Waals surface area contributed by atoms with Gasteiger partial charge < -0.3 is 10.1 Å². The Balaban J connectivity index is 1.76. The highest BCUT2D eigenvalue weighted by molar-refractivity contribution is 7.99. The first-order valence-corrected chi connectivity index (χ1v) is 10.7. The maximum absolute atomic E-state index is 12.9. The average Bonchev–Trinajstić information content (AvgIpc) is 2.66. The first-order chi connectivity index (χ1) is 13.0. The summed E-state index contributed by atoms with van der Waals surface area (Å²) in [6, 6.07) is 13.5. The number of nitrogens with one attached hydrogen (secondary N) is 1. The van der Waals surface area contributed by atoms with E-state index in [0.717, 1.165) is 30.9 Å². The van der Waals surface area contributed by atoms with Crippen LogP contribution in [0.5, 0.6) is 5.75 Å². The Labute approximate surface area is 166 Å². The summed E-state index contributed by atoms with van der Waals surface area (Å²) in [7, 11) is 0. The van der Waals surface area contributed by atoms with Crippen LogP contribution in [0.3, 0.4) is 0 Å². The number of nitrogens with zero attached hydrogens (tertiary/aromatic N) is 1. The number of rotatable bonds is 6. The van der Waals surface area contributed by atoms with E-state index in [1.54, 1.807) is 6.07 Å². The fourth-order valence-electron chi connectivity index (χ4n) is 3.19. The number of benzene rings is 2. The molecule has 1 saturated heterocycles. The molecular weight excluding hydrogens is 356 g/mol. The molecule has 1 heterocycles. The molecule has 1 amide bonds. The SMILES string of the molecule is Cc1c(CN2CCSCC2)cccc1NC(=O)c1ccccc1OC(C)C. The predicted molar refractivity (Wildman–Crippen MR) is 114 cm³/mol. The van der Waals surface area contributed by atoms with Crippen LogP contribution in [0.2, 0.25) is 0 Å². The van der Waals surface area contributed by atoms with Crippen molar-refractivity contribution in [2.45, 2.75) is 33.4 Å². The van der Waals surface area contributed by atoms with Crippen LogP contribution in [-0.2, 0) is 6.54 Å². The van der Waals surface area contributed by atoms with Gasteiger partial charge in [0.2, 0.25) is 0 Å². The third kappa shape index (κ3) is 5.27. The number of para-hydroxylation sites is 1. The van der Waals surface area contributed by atoms with E-state index < -0.39 is 0 Å².